The highest BCUT2D eigenvalue weighted by Gasteiger charge is 2.40. The second-order valence-electron chi connectivity index (χ2n) is 6.76. The van der Waals surface area contributed by atoms with E-state index in [-0.39, 0.29) is 5.56 Å². The van der Waals surface area contributed by atoms with Crippen molar-refractivity contribution in [3.63, 3.8) is 0 Å². The van der Waals surface area contributed by atoms with Crippen LogP contribution in [0.1, 0.15) is 29.0 Å². The van der Waals surface area contributed by atoms with E-state index < -0.39 is 11.8 Å². The molecule has 1 aromatic carbocycles. The molecule has 0 radical (unpaired) electrons. The van der Waals surface area contributed by atoms with Crippen molar-refractivity contribution in [1.82, 2.24) is 9.97 Å². The number of aromatic nitrogens is 2. The SMILES string of the molecule is Cc1nc(Nc2cccc(C(=O)O)c2)cc(N2CCC3(CC2)OCCO3)n1. The van der Waals surface area contributed by atoms with Crippen LogP contribution in [0.15, 0.2) is 30.3 Å². The Morgan fingerprint density at radius 3 is 2.63 bits per heavy atom. The fourth-order valence-electron chi connectivity index (χ4n) is 3.52. The lowest BCUT2D eigenvalue weighted by Crippen LogP contribution is -2.45. The van der Waals surface area contributed by atoms with Crippen LogP contribution in [0.3, 0.4) is 0 Å². The van der Waals surface area contributed by atoms with Crippen molar-refractivity contribution in [2.24, 2.45) is 0 Å². The van der Waals surface area contributed by atoms with Crippen molar-refractivity contribution in [1.29, 1.82) is 0 Å². The molecule has 0 amide bonds. The smallest absolute Gasteiger partial charge is 0.335 e. The van der Waals surface area contributed by atoms with Gasteiger partial charge in [0.25, 0.3) is 0 Å². The third kappa shape index (κ3) is 3.86. The van der Waals surface area contributed by atoms with Crippen molar-refractivity contribution < 1.29 is 19.4 Å². The summed E-state index contributed by atoms with van der Waals surface area (Å²) in [4.78, 5) is 22.3. The van der Waals surface area contributed by atoms with Crippen LogP contribution in [-0.4, -0.2) is 53.1 Å². The lowest BCUT2D eigenvalue weighted by atomic mass is 10.0. The minimum absolute atomic E-state index is 0.226. The molecule has 8 nitrogen and oxygen atoms in total. The van der Waals surface area contributed by atoms with Crippen LogP contribution in [0.4, 0.5) is 17.3 Å². The van der Waals surface area contributed by atoms with E-state index in [0.717, 1.165) is 31.7 Å². The molecule has 4 rings (SSSR count). The number of ether oxygens (including phenoxy) is 2. The number of aromatic carboxylic acids is 1. The zero-order valence-electron chi connectivity index (χ0n) is 15.1. The van der Waals surface area contributed by atoms with Gasteiger partial charge in [-0.1, -0.05) is 6.07 Å². The zero-order valence-corrected chi connectivity index (χ0v) is 15.1. The first kappa shape index (κ1) is 17.7. The molecule has 27 heavy (non-hydrogen) atoms. The maximum absolute atomic E-state index is 11.1. The predicted octanol–water partition coefficient (Wildman–Crippen LogP) is 2.57. The molecule has 0 atom stereocenters. The van der Waals surface area contributed by atoms with Crippen molar-refractivity contribution in [2.75, 3.05) is 36.5 Å². The number of aryl methyl sites for hydroxylation is 1. The molecule has 8 heteroatoms. The first-order valence-electron chi connectivity index (χ1n) is 9.02. The summed E-state index contributed by atoms with van der Waals surface area (Å²) in [5.41, 5.74) is 0.896. The number of nitrogens with zero attached hydrogens (tertiary/aromatic N) is 3. The summed E-state index contributed by atoms with van der Waals surface area (Å²) in [5.74, 6) is 0.743. The van der Waals surface area contributed by atoms with Crippen molar-refractivity contribution >= 4 is 23.3 Å². The number of hydrogen-bond acceptors (Lipinski definition) is 7. The molecule has 1 spiro atoms. The maximum atomic E-state index is 11.1. The van der Waals surface area contributed by atoms with Gasteiger partial charge in [-0.2, -0.15) is 0 Å². The van der Waals surface area contributed by atoms with Gasteiger partial charge in [0.15, 0.2) is 5.79 Å². The van der Waals surface area contributed by atoms with Gasteiger partial charge < -0.3 is 24.8 Å². The number of carboxylic acid groups (broad SMARTS) is 1. The molecule has 2 N–H and O–H groups in total. The van der Waals surface area contributed by atoms with E-state index in [2.05, 4.69) is 20.2 Å². The van der Waals surface area contributed by atoms with Gasteiger partial charge >= 0.3 is 5.97 Å². The van der Waals surface area contributed by atoms with E-state index in [1.54, 1.807) is 18.2 Å². The highest BCUT2D eigenvalue weighted by Crippen LogP contribution is 2.33. The molecule has 0 bridgehead atoms. The summed E-state index contributed by atoms with van der Waals surface area (Å²) in [6, 6.07) is 8.53. The van der Waals surface area contributed by atoms with Crippen molar-refractivity contribution in [3.8, 4) is 0 Å². The molecule has 2 aliphatic rings. The van der Waals surface area contributed by atoms with Gasteiger partial charge in [0.2, 0.25) is 0 Å². The standard InChI is InChI=1S/C19H22N4O4/c1-13-20-16(22-15-4-2-3-14(11-15)18(24)25)12-17(21-13)23-7-5-19(6-8-23)26-9-10-27-19/h2-4,11-12H,5-10H2,1H3,(H,24,25)(H,20,21,22). The first-order chi connectivity index (χ1) is 13.0. The molecule has 1 aromatic heterocycles. The number of carbonyl (C=O) groups is 1. The van der Waals surface area contributed by atoms with E-state index in [1.807, 2.05) is 19.1 Å². The second-order valence-corrected chi connectivity index (χ2v) is 6.76. The Hall–Kier alpha value is -2.71. The van der Waals surface area contributed by atoms with Crippen LogP contribution in [-0.2, 0) is 9.47 Å². The molecule has 142 valence electrons. The summed E-state index contributed by atoms with van der Waals surface area (Å²) in [7, 11) is 0. The molecule has 2 saturated heterocycles. The number of rotatable bonds is 4. The summed E-state index contributed by atoms with van der Waals surface area (Å²) < 4.78 is 11.6. The van der Waals surface area contributed by atoms with Gasteiger partial charge in [0.1, 0.15) is 17.5 Å². The Bertz CT molecular complexity index is 841. The van der Waals surface area contributed by atoms with E-state index in [0.29, 0.717) is 30.5 Å². The molecule has 2 fully saturated rings. The lowest BCUT2D eigenvalue weighted by Gasteiger charge is -2.38. The monoisotopic (exact) mass is 370 g/mol. The van der Waals surface area contributed by atoms with Gasteiger partial charge in [0, 0.05) is 37.7 Å². The van der Waals surface area contributed by atoms with Crippen LogP contribution in [0, 0.1) is 6.92 Å². The van der Waals surface area contributed by atoms with Gasteiger partial charge in [-0.25, -0.2) is 14.8 Å². The van der Waals surface area contributed by atoms with Crippen LogP contribution < -0.4 is 10.2 Å². The lowest BCUT2D eigenvalue weighted by molar-refractivity contribution is -0.169. The summed E-state index contributed by atoms with van der Waals surface area (Å²) in [5, 5.41) is 12.3. The predicted molar refractivity (Wildman–Crippen MR) is 99.5 cm³/mol. The highest BCUT2D eigenvalue weighted by molar-refractivity contribution is 5.89. The number of benzene rings is 1. The molecular weight excluding hydrogens is 348 g/mol. The van der Waals surface area contributed by atoms with Crippen LogP contribution >= 0.6 is 0 Å². The first-order valence-corrected chi connectivity index (χ1v) is 9.02. The van der Waals surface area contributed by atoms with Crippen LogP contribution in [0.5, 0.6) is 0 Å². The number of carboxylic acids is 1. The molecule has 2 aliphatic heterocycles. The number of hydrogen-bond donors (Lipinski definition) is 2. The van der Waals surface area contributed by atoms with Gasteiger partial charge in [0.05, 0.1) is 18.8 Å². The third-order valence-electron chi connectivity index (χ3n) is 4.87. The summed E-state index contributed by atoms with van der Waals surface area (Å²) in [6.07, 6.45) is 1.61. The number of nitrogens with one attached hydrogen (secondary N) is 1. The summed E-state index contributed by atoms with van der Waals surface area (Å²) >= 11 is 0. The topological polar surface area (TPSA) is 96.8 Å². The Balaban J connectivity index is 1.50. The Kier molecular flexibility index (Phi) is 4.67. The zero-order chi connectivity index (χ0) is 18.9. The second kappa shape index (κ2) is 7.13. The molecule has 0 aliphatic carbocycles. The van der Waals surface area contributed by atoms with Gasteiger partial charge in [-0.15, -0.1) is 0 Å². The maximum Gasteiger partial charge on any atom is 0.335 e. The van der Waals surface area contributed by atoms with E-state index in [4.69, 9.17) is 14.6 Å². The van der Waals surface area contributed by atoms with Crippen LogP contribution in [0.25, 0.3) is 0 Å². The molecule has 3 heterocycles. The Morgan fingerprint density at radius 1 is 1.19 bits per heavy atom. The van der Waals surface area contributed by atoms with E-state index in [9.17, 15) is 4.79 Å². The Morgan fingerprint density at radius 2 is 1.93 bits per heavy atom. The minimum atomic E-state index is -0.961. The molecule has 2 aromatic rings. The average Bonchev–Trinajstić information content (AvgIpc) is 3.10. The molecular formula is C19H22N4O4. The van der Waals surface area contributed by atoms with Crippen LogP contribution in [0.2, 0.25) is 0 Å². The largest absolute Gasteiger partial charge is 0.478 e. The molecule has 0 saturated carbocycles. The summed E-state index contributed by atoms with van der Waals surface area (Å²) in [6.45, 7) is 4.76. The minimum Gasteiger partial charge on any atom is -0.478 e. The van der Waals surface area contributed by atoms with E-state index in [1.165, 1.54) is 0 Å². The Labute approximate surface area is 157 Å². The molecule has 0 unspecified atom stereocenters. The average molecular weight is 370 g/mol. The van der Waals surface area contributed by atoms with E-state index >= 15 is 0 Å². The van der Waals surface area contributed by atoms with Crippen molar-refractivity contribution in [3.05, 3.63) is 41.7 Å². The van der Waals surface area contributed by atoms with Gasteiger partial charge in [-0.3, -0.25) is 0 Å². The quantitative estimate of drug-likeness (QED) is 0.848. The number of anilines is 3. The fourth-order valence-corrected chi connectivity index (χ4v) is 3.52. The normalized spacial score (nSPS) is 18.6. The fraction of sp³-hybridized carbons (Fsp3) is 0.421. The van der Waals surface area contributed by atoms with Crippen molar-refractivity contribution in [2.45, 2.75) is 25.6 Å². The highest BCUT2D eigenvalue weighted by atomic mass is 16.7. The third-order valence-corrected chi connectivity index (χ3v) is 4.87. The van der Waals surface area contributed by atoms with Gasteiger partial charge in [-0.05, 0) is 25.1 Å². The number of piperidine rings is 1.